The third-order valence-electron chi connectivity index (χ3n) is 4.30. The number of para-hydroxylation sites is 1. The first kappa shape index (κ1) is 19.7. The molecule has 3 N–H and O–H groups in total. The van der Waals surface area contributed by atoms with Crippen molar-refractivity contribution in [3.8, 4) is 0 Å². The van der Waals surface area contributed by atoms with Gasteiger partial charge in [0.05, 0.1) is 17.0 Å². The Labute approximate surface area is 167 Å². The molecule has 0 unspecified atom stereocenters. The molecule has 2 heterocycles. The van der Waals surface area contributed by atoms with Crippen LogP contribution >= 0.6 is 11.8 Å². The molecule has 2 amide bonds. The van der Waals surface area contributed by atoms with Crippen LogP contribution in [0, 0.1) is 0 Å². The van der Waals surface area contributed by atoms with E-state index in [0.717, 1.165) is 11.5 Å². The van der Waals surface area contributed by atoms with Gasteiger partial charge in [-0.1, -0.05) is 23.9 Å². The number of primary amides is 1. The minimum atomic E-state index is -0.584. The van der Waals surface area contributed by atoms with E-state index in [2.05, 4.69) is 15.5 Å². The van der Waals surface area contributed by atoms with Gasteiger partial charge in [0.1, 0.15) is 5.82 Å². The molecule has 0 saturated heterocycles. The molecule has 146 valence electrons. The Morgan fingerprint density at radius 2 is 1.96 bits per heavy atom. The van der Waals surface area contributed by atoms with Crippen molar-refractivity contribution < 1.29 is 9.59 Å². The number of amides is 2. The number of hydrogen-bond donors (Lipinski definition) is 2. The third-order valence-corrected chi connectivity index (χ3v) is 5.27. The predicted molar refractivity (Wildman–Crippen MR) is 108 cm³/mol. The number of nitrogens with one attached hydrogen (secondary N) is 1. The van der Waals surface area contributed by atoms with Gasteiger partial charge in [-0.05, 0) is 31.2 Å². The zero-order chi connectivity index (χ0) is 20.1. The number of benzene rings is 1. The Hall–Kier alpha value is -3.07. The predicted octanol–water partition coefficient (Wildman–Crippen LogP) is 2.06. The summed E-state index contributed by atoms with van der Waals surface area (Å²) in [5, 5.41) is 11.9. The van der Waals surface area contributed by atoms with Crippen molar-refractivity contribution in [2.75, 3.05) is 11.1 Å². The summed E-state index contributed by atoms with van der Waals surface area (Å²) in [6.07, 6.45) is 2.66. The van der Waals surface area contributed by atoms with Crippen LogP contribution < -0.4 is 11.1 Å². The summed E-state index contributed by atoms with van der Waals surface area (Å²) in [5.74, 6) is 0.175. The number of aromatic nitrogens is 4. The van der Waals surface area contributed by atoms with Crippen LogP contribution in [0.25, 0.3) is 0 Å². The van der Waals surface area contributed by atoms with Crippen LogP contribution in [0.2, 0.25) is 0 Å². The second-order valence-corrected chi connectivity index (χ2v) is 7.12. The summed E-state index contributed by atoms with van der Waals surface area (Å²) in [7, 11) is 1.99. The van der Waals surface area contributed by atoms with Crippen molar-refractivity contribution >= 4 is 29.3 Å². The van der Waals surface area contributed by atoms with Gasteiger partial charge >= 0.3 is 0 Å². The smallest absolute Gasteiger partial charge is 0.250 e. The van der Waals surface area contributed by atoms with E-state index < -0.39 is 5.91 Å². The summed E-state index contributed by atoms with van der Waals surface area (Å²) in [6.45, 7) is 2.73. The maximum absolute atomic E-state index is 12.3. The van der Waals surface area contributed by atoms with E-state index in [9.17, 15) is 9.59 Å². The standard InChI is InChI=1S/C19H22N6O2S/c1-3-25-16(11-13-7-6-10-24(13)2)22-23-19(25)28-12-17(26)21-15-9-5-4-8-14(15)18(20)27/h4-10H,3,11-12H2,1-2H3,(H2,20,27)(H,21,26). The molecule has 0 atom stereocenters. The molecule has 0 radical (unpaired) electrons. The van der Waals surface area contributed by atoms with E-state index in [0.29, 0.717) is 23.8 Å². The van der Waals surface area contributed by atoms with E-state index in [1.807, 2.05) is 41.4 Å². The summed E-state index contributed by atoms with van der Waals surface area (Å²) in [5.41, 5.74) is 7.17. The highest BCUT2D eigenvalue weighted by molar-refractivity contribution is 7.99. The number of nitrogens with two attached hydrogens (primary N) is 1. The Morgan fingerprint density at radius 1 is 1.18 bits per heavy atom. The van der Waals surface area contributed by atoms with Crippen LogP contribution in [0.3, 0.4) is 0 Å². The van der Waals surface area contributed by atoms with Crippen molar-refractivity contribution in [2.24, 2.45) is 12.8 Å². The summed E-state index contributed by atoms with van der Waals surface area (Å²) >= 11 is 1.31. The molecule has 0 fully saturated rings. The van der Waals surface area contributed by atoms with Crippen molar-refractivity contribution in [2.45, 2.75) is 25.0 Å². The lowest BCUT2D eigenvalue weighted by molar-refractivity contribution is -0.113. The Balaban J connectivity index is 1.65. The SMILES string of the molecule is CCn1c(Cc2cccn2C)nnc1SCC(=O)Nc1ccccc1C(N)=O. The van der Waals surface area contributed by atoms with Gasteiger partial charge in [0.25, 0.3) is 5.91 Å². The zero-order valence-electron chi connectivity index (χ0n) is 15.8. The van der Waals surface area contributed by atoms with Crippen molar-refractivity contribution in [3.63, 3.8) is 0 Å². The molecule has 3 rings (SSSR count). The topological polar surface area (TPSA) is 108 Å². The molecule has 0 aliphatic carbocycles. The number of rotatable bonds is 8. The Morgan fingerprint density at radius 3 is 2.64 bits per heavy atom. The first-order valence-electron chi connectivity index (χ1n) is 8.83. The average molecular weight is 398 g/mol. The van der Waals surface area contributed by atoms with Gasteiger partial charge < -0.3 is 20.2 Å². The molecule has 0 spiro atoms. The highest BCUT2D eigenvalue weighted by Crippen LogP contribution is 2.20. The van der Waals surface area contributed by atoms with Crippen molar-refractivity contribution in [1.29, 1.82) is 0 Å². The fourth-order valence-corrected chi connectivity index (χ4v) is 3.66. The number of nitrogens with zero attached hydrogens (tertiary/aromatic N) is 4. The fraction of sp³-hybridized carbons (Fsp3) is 0.263. The molecule has 0 aliphatic rings. The highest BCUT2D eigenvalue weighted by Gasteiger charge is 2.15. The molecule has 0 bridgehead atoms. The van der Waals surface area contributed by atoms with Gasteiger partial charge in [0.2, 0.25) is 5.91 Å². The monoisotopic (exact) mass is 398 g/mol. The fourth-order valence-electron chi connectivity index (χ4n) is 2.84. The number of thioether (sulfide) groups is 1. The van der Waals surface area contributed by atoms with E-state index in [1.165, 1.54) is 11.8 Å². The zero-order valence-corrected chi connectivity index (χ0v) is 16.6. The maximum Gasteiger partial charge on any atom is 0.250 e. The number of aryl methyl sites for hydroxylation is 1. The van der Waals surface area contributed by atoms with E-state index in [4.69, 9.17) is 5.73 Å². The molecule has 9 heteroatoms. The first-order valence-corrected chi connectivity index (χ1v) is 9.82. The number of anilines is 1. The second-order valence-electron chi connectivity index (χ2n) is 6.18. The molecule has 0 saturated carbocycles. The summed E-state index contributed by atoms with van der Waals surface area (Å²) < 4.78 is 4.05. The lowest BCUT2D eigenvalue weighted by atomic mass is 10.1. The van der Waals surface area contributed by atoms with Gasteiger partial charge in [0, 0.05) is 31.9 Å². The van der Waals surface area contributed by atoms with Crippen LogP contribution in [0.5, 0.6) is 0 Å². The largest absolute Gasteiger partial charge is 0.366 e. The van der Waals surface area contributed by atoms with Crippen molar-refractivity contribution in [1.82, 2.24) is 19.3 Å². The average Bonchev–Trinajstić information content (AvgIpc) is 3.26. The molecular weight excluding hydrogens is 376 g/mol. The molecule has 8 nitrogen and oxygen atoms in total. The second kappa shape index (κ2) is 8.75. The number of carbonyl (C=O) groups is 2. The quantitative estimate of drug-likeness (QED) is 0.565. The minimum Gasteiger partial charge on any atom is -0.366 e. The van der Waals surface area contributed by atoms with Crippen LogP contribution in [0.1, 0.15) is 28.8 Å². The summed E-state index contributed by atoms with van der Waals surface area (Å²) in [4.78, 5) is 23.8. The number of hydrogen-bond acceptors (Lipinski definition) is 5. The first-order chi connectivity index (χ1) is 13.5. The number of carbonyl (C=O) groups excluding carboxylic acids is 2. The molecule has 0 aliphatic heterocycles. The third kappa shape index (κ3) is 4.42. The van der Waals surface area contributed by atoms with Gasteiger partial charge in [-0.3, -0.25) is 9.59 Å². The Bertz CT molecular complexity index is 994. The lowest BCUT2D eigenvalue weighted by Crippen LogP contribution is -2.19. The summed E-state index contributed by atoms with van der Waals surface area (Å²) in [6, 6.07) is 10.7. The normalized spacial score (nSPS) is 10.8. The van der Waals surface area contributed by atoms with E-state index in [1.54, 1.807) is 24.3 Å². The molecule has 1 aromatic carbocycles. The van der Waals surface area contributed by atoms with Gasteiger partial charge in [-0.15, -0.1) is 10.2 Å². The Kier molecular flexibility index (Phi) is 6.15. The van der Waals surface area contributed by atoms with Crippen LogP contribution in [-0.2, 0) is 24.8 Å². The van der Waals surface area contributed by atoms with Gasteiger partial charge in [-0.25, -0.2) is 0 Å². The van der Waals surface area contributed by atoms with Crippen molar-refractivity contribution in [3.05, 3.63) is 59.7 Å². The molecular formula is C19H22N6O2S. The van der Waals surface area contributed by atoms with Crippen LogP contribution in [0.4, 0.5) is 5.69 Å². The molecule has 3 aromatic rings. The van der Waals surface area contributed by atoms with E-state index in [-0.39, 0.29) is 17.2 Å². The van der Waals surface area contributed by atoms with Gasteiger partial charge in [0.15, 0.2) is 5.16 Å². The molecule has 2 aromatic heterocycles. The van der Waals surface area contributed by atoms with Gasteiger partial charge in [-0.2, -0.15) is 0 Å². The minimum absolute atomic E-state index is 0.148. The van der Waals surface area contributed by atoms with Crippen LogP contribution in [0.15, 0.2) is 47.8 Å². The van der Waals surface area contributed by atoms with E-state index >= 15 is 0 Å². The highest BCUT2D eigenvalue weighted by atomic mass is 32.2. The maximum atomic E-state index is 12.3. The molecule has 28 heavy (non-hydrogen) atoms. The lowest BCUT2D eigenvalue weighted by Gasteiger charge is -2.09. The van der Waals surface area contributed by atoms with Crippen LogP contribution in [-0.4, -0.2) is 36.9 Å².